The van der Waals surface area contributed by atoms with E-state index in [1.54, 1.807) is 27.5 Å². The molecule has 0 saturated carbocycles. The maximum atomic E-state index is 5.40. The van der Waals surface area contributed by atoms with E-state index in [0.717, 1.165) is 27.9 Å². The second-order valence-corrected chi connectivity index (χ2v) is 5.25. The van der Waals surface area contributed by atoms with E-state index in [2.05, 4.69) is 10.3 Å². The Hall–Kier alpha value is -2.95. The Labute approximate surface area is 141 Å². The quantitative estimate of drug-likeness (QED) is 0.746. The van der Waals surface area contributed by atoms with Crippen molar-refractivity contribution in [3.05, 3.63) is 54.2 Å². The Morgan fingerprint density at radius 2 is 1.58 bits per heavy atom. The Balaban J connectivity index is 1.94. The van der Waals surface area contributed by atoms with E-state index in [-0.39, 0.29) is 0 Å². The van der Waals surface area contributed by atoms with Crippen LogP contribution in [0.3, 0.4) is 0 Å². The van der Waals surface area contributed by atoms with Gasteiger partial charge in [0.2, 0.25) is 0 Å². The SMILES string of the molecule is COc1ccccc1CNc1nccc2cc(OC)c(OC)cc12. The maximum Gasteiger partial charge on any atom is 0.161 e. The fourth-order valence-electron chi connectivity index (χ4n) is 2.67. The molecule has 1 N–H and O–H groups in total. The number of fused-ring (bicyclic) bond motifs is 1. The number of nitrogens with zero attached hydrogens (tertiary/aromatic N) is 1. The predicted octanol–water partition coefficient (Wildman–Crippen LogP) is 3.87. The third-order valence-corrected chi connectivity index (χ3v) is 3.91. The summed E-state index contributed by atoms with van der Waals surface area (Å²) in [6, 6.07) is 13.8. The molecule has 5 heteroatoms. The molecule has 0 bridgehead atoms. The molecule has 0 radical (unpaired) electrons. The number of para-hydroxylation sites is 1. The zero-order valence-corrected chi connectivity index (χ0v) is 14.0. The van der Waals surface area contributed by atoms with Gasteiger partial charge in [-0.2, -0.15) is 0 Å². The fraction of sp³-hybridized carbons (Fsp3) is 0.211. The molecule has 1 aromatic heterocycles. The van der Waals surface area contributed by atoms with Crippen molar-refractivity contribution in [2.24, 2.45) is 0 Å². The standard InChI is InChI=1S/C19H20N2O3/c1-22-16-7-5-4-6-14(16)12-21-19-15-11-18(24-3)17(23-2)10-13(15)8-9-20-19/h4-11H,12H2,1-3H3,(H,20,21). The van der Waals surface area contributed by atoms with Gasteiger partial charge in [-0.3, -0.25) is 0 Å². The van der Waals surface area contributed by atoms with Crippen LogP contribution in [-0.4, -0.2) is 26.3 Å². The van der Waals surface area contributed by atoms with Crippen LogP contribution in [-0.2, 0) is 6.54 Å². The summed E-state index contributed by atoms with van der Waals surface area (Å²) in [5.41, 5.74) is 1.07. The lowest BCUT2D eigenvalue weighted by Crippen LogP contribution is -2.04. The summed E-state index contributed by atoms with van der Waals surface area (Å²) < 4.78 is 16.2. The van der Waals surface area contributed by atoms with Crippen LogP contribution in [0.2, 0.25) is 0 Å². The van der Waals surface area contributed by atoms with Crippen LogP contribution in [0.4, 0.5) is 5.82 Å². The lowest BCUT2D eigenvalue weighted by molar-refractivity contribution is 0.356. The third kappa shape index (κ3) is 3.06. The van der Waals surface area contributed by atoms with Crippen LogP contribution >= 0.6 is 0 Å². The molecule has 3 aromatic rings. The number of aromatic nitrogens is 1. The van der Waals surface area contributed by atoms with Gasteiger partial charge in [-0.05, 0) is 29.7 Å². The molecule has 5 nitrogen and oxygen atoms in total. The van der Waals surface area contributed by atoms with Crippen LogP contribution < -0.4 is 19.5 Å². The summed E-state index contributed by atoms with van der Waals surface area (Å²) in [5, 5.41) is 5.39. The van der Waals surface area contributed by atoms with Gasteiger partial charge < -0.3 is 19.5 Å². The van der Waals surface area contributed by atoms with Gasteiger partial charge in [0.25, 0.3) is 0 Å². The number of ether oxygens (including phenoxy) is 3. The van der Waals surface area contributed by atoms with Gasteiger partial charge >= 0.3 is 0 Å². The highest BCUT2D eigenvalue weighted by molar-refractivity contribution is 5.94. The van der Waals surface area contributed by atoms with Crippen LogP contribution in [0.15, 0.2) is 48.7 Å². The molecule has 0 amide bonds. The third-order valence-electron chi connectivity index (χ3n) is 3.91. The molecule has 0 aliphatic carbocycles. The average molecular weight is 324 g/mol. The number of nitrogens with one attached hydrogen (secondary N) is 1. The van der Waals surface area contributed by atoms with E-state index in [1.165, 1.54) is 0 Å². The first-order valence-corrected chi connectivity index (χ1v) is 7.63. The summed E-state index contributed by atoms with van der Waals surface area (Å²) in [6.07, 6.45) is 1.78. The fourth-order valence-corrected chi connectivity index (χ4v) is 2.67. The Morgan fingerprint density at radius 3 is 2.33 bits per heavy atom. The molecule has 124 valence electrons. The van der Waals surface area contributed by atoms with Crippen molar-refractivity contribution in [1.82, 2.24) is 4.98 Å². The maximum absolute atomic E-state index is 5.40. The highest BCUT2D eigenvalue weighted by Gasteiger charge is 2.10. The van der Waals surface area contributed by atoms with Crippen molar-refractivity contribution < 1.29 is 14.2 Å². The number of anilines is 1. The van der Waals surface area contributed by atoms with Crippen LogP contribution in [0, 0.1) is 0 Å². The second kappa shape index (κ2) is 7.08. The minimum atomic E-state index is 0.616. The molecule has 1 heterocycles. The number of rotatable bonds is 6. The highest BCUT2D eigenvalue weighted by atomic mass is 16.5. The second-order valence-electron chi connectivity index (χ2n) is 5.25. The minimum absolute atomic E-state index is 0.616. The molecule has 2 aromatic carbocycles. The molecule has 24 heavy (non-hydrogen) atoms. The van der Waals surface area contributed by atoms with Gasteiger partial charge in [0, 0.05) is 23.7 Å². The summed E-state index contributed by atoms with van der Waals surface area (Å²) in [5.74, 6) is 3.02. The molecule has 0 spiro atoms. The summed E-state index contributed by atoms with van der Waals surface area (Å²) in [7, 11) is 4.93. The molecular weight excluding hydrogens is 304 g/mol. The number of hydrogen-bond donors (Lipinski definition) is 1. The van der Waals surface area contributed by atoms with Gasteiger partial charge in [-0.25, -0.2) is 4.98 Å². The monoisotopic (exact) mass is 324 g/mol. The number of methoxy groups -OCH3 is 3. The smallest absolute Gasteiger partial charge is 0.161 e. The lowest BCUT2D eigenvalue weighted by Gasteiger charge is -2.13. The molecule has 0 saturated heterocycles. The first kappa shape index (κ1) is 15.9. The summed E-state index contributed by atoms with van der Waals surface area (Å²) >= 11 is 0. The Morgan fingerprint density at radius 1 is 0.875 bits per heavy atom. The number of hydrogen-bond acceptors (Lipinski definition) is 5. The van der Waals surface area contributed by atoms with Gasteiger partial charge in [0.1, 0.15) is 11.6 Å². The number of benzene rings is 2. The number of pyridine rings is 1. The van der Waals surface area contributed by atoms with Crippen molar-refractivity contribution in [2.45, 2.75) is 6.54 Å². The molecular formula is C19H20N2O3. The van der Waals surface area contributed by atoms with Crippen LogP contribution in [0.1, 0.15) is 5.56 Å². The van der Waals surface area contributed by atoms with E-state index in [1.807, 2.05) is 42.5 Å². The van der Waals surface area contributed by atoms with Gasteiger partial charge in [0.05, 0.1) is 21.3 Å². The predicted molar refractivity (Wildman–Crippen MR) is 95.2 cm³/mol. The molecule has 0 atom stereocenters. The van der Waals surface area contributed by atoms with Crippen LogP contribution in [0.5, 0.6) is 17.2 Å². The zero-order chi connectivity index (χ0) is 16.9. The van der Waals surface area contributed by atoms with E-state index >= 15 is 0 Å². The largest absolute Gasteiger partial charge is 0.496 e. The van der Waals surface area contributed by atoms with E-state index in [0.29, 0.717) is 18.0 Å². The Kier molecular flexibility index (Phi) is 4.70. The van der Waals surface area contributed by atoms with Crippen LogP contribution in [0.25, 0.3) is 10.8 Å². The van der Waals surface area contributed by atoms with E-state index in [9.17, 15) is 0 Å². The minimum Gasteiger partial charge on any atom is -0.496 e. The van der Waals surface area contributed by atoms with Crippen molar-refractivity contribution >= 4 is 16.6 Å². The topological polar surface area (TPSA) is 52.6 Å². The normalized spacial score (nSPS) is 10.5. The summed E-state index contributed by atoms with van der Waals surface area (Å²) in [4.78, 5) is 4.46. The first-order chi connectivity index (χ1) is 11.8. The molecule has 0 unspecified atom stereocenters. The molecule has 0 aliphatic heterocycles. The molecule has 0 aliphatic rings. The lowest BCUT2D eigenvalue weighted by atomic mass is 10.1. The van der Waals surface area contributed by atoms with Gasteiger partial charge in [-0.1, -0.05) is 18.2 Å². The molecule has 0 fully saturated rings. The van der Waals surface area contributed by atoms with Crippen molar-refractivity contribution in [1.29, 1.82) is 0 Å². The van der Waals surface area contributed by atoms with Crippen molar-refractivity contribution in [3.8, 4) is 17.2 Å². The van der Waals surface area contributed by atoms with E-state index < -0.39 is 0 Å². The molecule has 3 rings (SSSR count). The summed E-state index contributed by atoms with van der Waals surface area (Å²) in [6.45, 7) is 0.616. The zero-order valence-electron chi connectivity index (χ0n) is 14.0. The van der Waals surface area contributed by atoms with Gasteiger partial charge in [-0.15, -0.1) is 0 Å². The van der Waals surface area contributed by atoms with E-state index in [4.69, 9.17) is 14.2 Å². The van der Waals surface area contributed by atoms with Crippen molar-refractivity contribution in [2.75, 3.05) is 26.6 Å². The first-order valence-electron chi connectivity index (χ1n) is 7.63. The average Bonchev–Trinajstić information content (AvgIpc) is 2.65. The Bertz CT molecular complexity index is 849. The van der Waals surface area contributed by atoms with Crippen molar-refractivity contribution in [3.63, 3.8) is 0 Å². The van der Waals surface area contributed by atoms with Gasteiger partial charge in [0.15, 0.2) is 11.5 Å². The highest BCUT2D eigenvalue weighted by Crippen LogP contribution is 2.34.